The van der Waals surface area contributed by atoms with E-state index in [1.54, 1.807) is 0 Å². The first kappa shape index (κ1) is 13.1. The molecule has 1 unspecified atom stereocenters. The van der Waals surface area contributed by atoms with Crippen molar-refractivity contribution in [1.29, 1.82) is 5.26 Å². The van der Waals surface area contributed by atoms with Crippen molar-refractivity contribution in [2.45, 2.75) is 25.3 Å². The minimum Gasteiger partial charge on any atom is -0.312 e. The first-order chi connectivity index (χ1) is 8.88. The molecule has 1 saturated heterocycles. The maximum atomic E-state index is 8.80. The molecule has 0 aliphatic carbocycles. The molecule has 3 nitrogen and oxygen atoms in total. The zero-order valence-electron chi connectivity index (χ0n) is 10.8. The van der Waals surface area contributed by atoms with Gasteiger partial charge >= 0.3 is 0 Å². The number of nitrogens with zero attached hydrogens (tertiary/aromatic N) is 2. The Labute approximate surface area is 109 Å². The van der Waals surface area contributed by atoms with Crippen molar-refractivity contribution in [3.8, 4) is 6.07 Å². The normalized spacial score (nSPS) is 21.2. The molecule has 0 saturated carbocycles. The van der Waals surface area contributed by atoms with E-state index in [4.69, 9.17) is 5.26 Å². The predicted molar refractivity (Wildman–Crippen MR) is 73.2 cm³/mol. The molecule has 0 radical (unpaired) electrons. The van der Waals surface area contributed by atoms with Crippen molar-refractivity contribution in [2.75, 3.05) is 26.2 Å². The van der Waals surface area contributed by atoms with Crippen molar-refractivity contribution >= 4 is 0 Å². The quantitative estimate of drug-likeness (QED) is 0.876. The van der Waals surface area contributed by atoms with Crippen molar-refractivity contribution in [2.24, 2.45) is 0 Å². The van der Waals surface area contributed by atoms with Crippen molar-refractivity contribution in [3.05, 3.63) is 35.9 Å². The Hall–Kier alpha value is -1.37. The second-order valence-electron chi connectivity index (χ2n) is 4.90. The number of hydrogen-bond acceptors (Lipinski definition) is 3. The zero-order chi connectivity index (χ0) is 12.6. The van der Waals surface area contributed by atoms with E-state index < -0.39 is 0 Å². The molecule has 1 aliphatic rings. The second-order valence-corrected chi connectivity index (χ2v) is 4.90. The van der Waals surface area contributed by atoms with Crippen LogP contribution < -0.4 is 5.32 Å². The van der Waals surface area contributed by atoms with Crippen LogP contribution in [0, 0.1) is 11.3 Å². The van der Waals surface area contributed by atoms with Crippen LogP contribution in [-0.2, 0) is 6.42 Å². The predicted octanol–water partition coefficient (Wildman–Crippen LogP) is 1.81. The molecular weight excluding hydrogens is 222 g/mol. The Morgan fingerprint density at radius 1 is 1.33 bits per heavy atom. The van der Waals surface area contributed by atoms with Crippen LogP contribution in [0.1, 0.15) is 18.4 Å². The van der Waals surface area contributed by atoms with Gasteiger partial charge in [-0.1, -0.05) is 30.3 Å². The molecule has 96 valence electrons. The highest BCUT2D eigenvalue weighted by atomic mass is 15.2. The lowest BCUT2D eigenvalue weighted by molar-refractivity contribution is 0.271. The first-order valence-electron chi connectivity index (χ1n) is 6.75. The highest BCUT2D eigenvalue weighted by Crippen LogP contribution is 2.06. The van der Waals surface area contributed by atoms with E-state index in [-0.39, 0.29) is 0 Å². The molecule has 0 amide bonds. The molecule has 1 N–H and O–H groups in total. The maximum absolute atomic E-state index is 8.80. The summed E-state index contributed by atoms with van der Waals surface area (Å²) in [5.74, 6) is 0. The number of nitrogens with one attached hydrogen (secondary N) is 1. The van der Waals surface area contributed by atoms with Gasteiger partial charge in [-0.2, -0.15) is 5.26 Å². The number of nitriles is 1. The van der Waals surface area contributed by atoms with Crippen LogP contribution in [0.2, 0.25) is 0 Å². The Morgan fingerprint density at radius 2 is 2.17 bits per heavy atom. The molecule has 1 atom stereocenters. The molecule has 1 heterocycles. The van der Waals surface area contributed by atoms with Gasteiger partial charge in [-0.05, 0) is 31.5 Å². The lowest BCUT2D eigenvalue weighted by Gasteiger charge is -2.23. The van der Waals surface area contributed by atoms with Crippen LogP contribution in [0.15, 0.2) is 30.3 Å². The van der Waals surface area contributed by atoms with Gasteiger partial charge in [0.05, 0.1) is 12.5 Å². The molecule has 1 aliphatic heterocycles. The van der Waals surface area contributed by atoms with Crippen LogP contribution in [0.5, 0.6) is 0 Å². The fraction of sp³-hybridized carbons (Fsp3) is 0.533. The Balaban J connectivity index is 1.82. The average molecular weight is 243 g/mol. The van der Waals surface area contributed by atoms with E-state index >= 15 is 0 Å². The molecule has 1 aromatic carbocycles. The van der Waals surface area contributed by atoms with Gasteiger partial charge < -0.3 is 10.2 Å². The van der Waals surface area contributed by atoms with Crippen molar-refractivity contribution in [3.63, 3.8) is 0 Å². The summed E-state index contributed by atoms with van der Waals surface area (Å²) < 4.78 is 0. The van der Waals surface area contributed by atoms with E-state index in [2.05, 4.69) is 46.6 Å². The second kappa shape index (κ2) is 7.15. The summed E-state index contributed by atoms with van der Waals surface area (Å²) >= 11 is 0. The number of benzene rings is 1. The monoisotopic (exact) mass is 243 g/mol. The van der Waals surface area contributed by atoms with E-state index in [1.807, 2.05) is 0 Å². The summed E-state index contributed by atoms with van der Waals surface area (Å²) in [6, 6.07) is 13.2. The number of rotatable bonds is 4. The molecule has 1 aromatic rings. The largest absolute Gasteiger partial charge is 0.312 e. The third-order valence-corrected chi connectivity index (χ3v) is 3.46. The van der Waals surface area contributed by atoms with Gasteiger partial charge in [0.25, 0.3) is 0 Å². The minimum absolute atomic E-state index is 0.341. The summed E-state index contributed by atoms with van der Waals surface area (Å²) in [6.45, 7) is 4.27. The van der Waals surface area contributed by atoms with E-state index in [0.29, 0.717) is 12.5 Å². The summed E-state index contributed by atoms with van der Waals surface area (Å²) in [6.07, 6.45) is 2.89. The van der Waals surface area contributed by atoms with Gasteiger partial charge in [-0.25, -0.2) is 0 Å². The van der Waals surface area contributed by atoms with Gasteiger partial charge in [0.2, 0.25) is 0 Å². The SMILES string of the molecule is N#CCC1CN(CCc2ccccc2)CCCN1. The van der Waals surface area contributed by atoms with Crippen LogP contribution in [0.25, 0.3) is 0 Å². The molecule has 0 spiro atoms. The fourth-order valence-corrected chi connectivity index (χ4v) is 2.46. The molecule has 18 heavy (non-hydrogen) atoms. The van der Waals surface area contributed by atoms with Gasteiger partial charge in [0, 0.05) is 19.1 Å². The number of hydrogen-bond donors (Lipinski definition) is 1. The summed E-state index contributed by atoms with van der Waals surface area (Å²) in [4.78, 5) is 2.48. The molecular formula is C15H21N3. The molecule has 0 bridgehead atoms. The molecule has 1 fully saturated rings. The average Bonchev–Trinajstić information content (AvgIpc) is 2.63. The van der Waals surface area contributed by atoms with E-state index in [0.717, 1.165) is 32.6 Å². The fourth-order valence-electron chi connectivity index (χ4n) is 2.46. The van der Waals surface area contributed by atoms with Gasteiger partial charge in [0.1, 0.15) is 0 Å². The molecule has 2 rings (SSSR count). The summed E-state index contributed by atoms with van der Waals surface area (Å²) in [7, 11) is 0. The highest BCUT2D eigenvalue weighted by Gasteiger charge is 2.16. The Bertz CT molecular complexity index is 382. The van der Waals surface area contributed by atoms with Gasteiger partial charge in [-0.3, -0.25) is 0 Å². The van der Waals surface area contributed by atoms with Crippen molar-refractivity contribution in [1.82, 2.24) is 10.2 Å². The van der Waals surface area contributed by atoms with Crippen LogP contribution in [-0.4, -0.2) is 37.1 Å². The van der Waals surface area contributed by atoms with E-state index in [9.17, 15) is 0 Å². The minimum atomic E-state index is 0.341. The summed E-state index contributed by atoms with van der Waals surface area (Å²) in [5.41, 5.74) is 1.39. The van der Waals surface area contributed by atoms with Gasteiger partial charge in [-0.15, -0.1) is 0 Å². The van der Waals surface area contributed by atoms with Crippen LogP contribution in [0.4, 0.5) is 0 Å². The van der Waals surface area contributed by atoms with E-state index in [1.165, 1.54) is 12.0 Å². The summed E-state index contributed by atoms with van der Waals surface area (Å²) in [5, 5.41) is 12.2. The topological polar surface area (TPSA) is 39.1 Å². The maximum Gasteiger partial charge on any atom is 0.0638 e. The van der Waals surface area contributed by atoms with Crippen LogP contribution >= 0.6 is 0 Å². The van der Waals surface area contributed by atoms with Gasteiger partial charge in [0.15, 0.2) is 0 Å². The first-order valence-corrected chi connectivity index (χ1v) is 6.75. The Morgan fingerprint density at radius 3 is 2.94 bits per heavy atom. The smallest absolute Gasteiger partial charge is 0.0638 e. The van der Waals surface area contributed by atoms with Crippen LogP contribution in [0.3, 0.4) is 0 Å². The third-order valence-electron chi connectivity index (χ3n) is 3.46. The lowest BCUT2D eigenvalue weighted by Crippen LogP contribution is -2.38. The van der Waals surface area contributed by atoms with Crippen molar-refractivity contribution < 1.29 is 0 Å². The Kier molecular flexibility index (Phi) is 5.19. The third kappa shape index (κ3) is 4.14. The standard InChI is InChI=1S/C15H21N3/c16-9-7-15-13-18(11-4-10-17-15)12-8-14-5-2-1-3-6-14/h1-3,5-6,15,17H,4,7-8,10-13H2. The zero-order valence-corrected chi connectivity index (χ0v) is 10.8. The molecule has 3 heteroatoms. The lowest BCUT2D eigenvalue weighted by atomic mass is 10.1. The highest BCUT2D eigenvalue weighted by molar-refractivity contribution is 5.14. The molecule has 0 aromatic heterocycles.